The van der Waals surface area contributed by atoms with E-state index < -0.39 is 0 Å². The second-order valence-electron chi connectivity index (χ2n) is 5.35. The van der Waals surface area contributed by atoms with Crippen molar-refractivity contribution in [3.63, 3.8) is 0 Å². The van der Waals surface area contributed by atoms with Crippen LogP contribution >= 0.6 is 0 Å². The van der Waals surface area contributed by atoms with Gasteiger partial charge in [-0.15, -0.1) is 0 Å². The van der Waals surface area contributed by atoms with Gasteiger partial charge in [-0.1, -0.05) is 34.1 Å². The van der Waals surface area contributed by atoms with Crippen molar-refractivity contribution in [2.24, 2.45) is 5.92 Å². The summed E-state index contributed by atoms with van der Waals surface area (Å²) < 4.78 is 5.99. The van der Waals surface area contributed by atoms with Gasteiger partial charge in [-0.05, 0) is 38.1 Å². The number of hydrogen-bond acceptors (Lipinski definition) is 2. The summed E-state index contributed by atoms with van der Waals surface area (Å²) in [6.07, 6.45) is 5.92. The zero-order valence-corrected chi connectivity index (χ0v) is 11.5. The second kappa shape index (κ2) is 6.61. The Morgan fingerprint density at radius 1 is 1.31 bits per heavy atom. The summed E-state index contributed by atoms with van der Waals surface area (Å²) in [4.78, 5) is 0. The molecule has 0 saturated carbocycles. The van der Waals surface area contributed by atoms with Crippen molar-refractivity contribution in [3.8, 4) is 0 Å². The first-order valence-electron chi connectivity index (χ1n) is 7.03. The average molecular weight is 227 g/mol. The highest BCUT2D eigenvalue weighted by atomic mass is 16.5. The van der Waals surface area contributed by atoms with Gasteiger partial charge in [0.2, 0.25) is 0 Å². The molecule has 1 saturated heterocycles. The molecule has 1 aliphatic heterocycles. The van der Waals surface area contributed by atoms with Gasteiger partial charge in [0.05, 0.1) is 5.60 Å². The first-order chi connectivity index (χ1) is 7.65. The molecule has 0 bridgehead atoms. The van der Waals surface area contributed by atoms with Gasteiger partial charge in [-0.25, -0.2) is 0 Å². The van der Waals surface area contributed by atoms with Crippen molar-refractivity contribution < 1.29 is 4.74 Å². The van der Waals surface area contributed by atoms with Crippen LogP contribution in [0, 0.1) is 5.92 Å². The molecule has 0 amide bonds. The van der Waals surface area contributed by atoms with E-state index in [1.54, 1.807) is 0 Å². The van der Waals surface area contributed by atoms with E-state index in [0.29, 0.717) is 6.04 Å². The minimum Gasteiger partial charge on any atom is -0.375 e. The Morgan fingerprint density at radius 3 is 2.56 bits per heavy atom. The second-order valence-corrected chi connectivity index (χ2v) is 5.35. The molecule has 1 rings (SSSR count). The van der Waals surface area contributed by atoms with Gasteiger partial charge >= 0.3 is 0 Å². The molecule has 2 unspecified atom stereocenters. The highest BCUT2D eigenvalue weighted by molar-refractivity contribution is 4.88. The molecule has 1 N–H and O–H groups in total. The number of rotatable bonds is 6. The first kappa shape index (κ1) is 14.0. The Kier molecular flexibility index (Phi) is 5.77. The Bertz CT molecular complexity index is 189. The fourth-order valence-electron chi connectivity index (χ4n) is 2.46. The molecule has 0 aromatic heterocycles. The minimum atomic E-state index is 0.158. The zero-order valence-electron chi connectivity index (χ0n) is 11.5. The molecule has 1 fully saturated rings. The van der Waals surface area contributed by atoms with Crippen molar-refractivity contribution in [1.82, 2.24) is 5.32 Å². The van der Waals surface area contributed by atoms with Crippen LogP contribution in [0.4, 0.5) is 0 Å². The highest BCUT2D eigenvalue weighted by Gasteiger charge is 2.34. The quantitative estimate of drug-likeness (QED) is 0.751. The molecule has 1 heterocycles. The van der Waals surface area contributed by atoms with E-state index >= 15 is 0 Å². The Balaban J connectivity index is 2.38. The van der Waals surface area contributed by atoms with Crippen LogP contribution in [-0.2, 0) is 4.74 Å². The molecule has 2 atom stereocenters. The van der Waals surface area contributed by atoms with Crippen molar-refractivity contribution in [3.05, 3.63) is 0 Å². The fraction of sp³-hybridized carbons (Fsp3) is 1.00. The molecular formula is C14H29NO. The van der Waals surface area contributed by atoms with Crippen LogP contribution in [0.25, 0.3) is 0 Å². The lowest BCUT2D eigenvalue weighted by atomic mass is 9.86. The van der Waals surface area contributed by atoms with Gasteiger partial charge in [0.25, 0.3) is 0 Å². The van der Waals surface area contributed by atoms with Gasteiger partial charge in [0.1, 0.15) is 0 Å². The van der Waals surface area contributed by atoms with Gasteiger partial charge in [0.15, 0.2) is 0 Å². The molecule has 0 aromatic carbocycles. The van der Waals surface area contributed by atoms with Crippen LogP contribution < -0.4 is 5.32 Å². The molecule has 1 aliphatic rings. The summed E-state index contributed by atoms with van der Waals surface area (Å²) >= 11 is 0. The molecule has 2 nitrogen and oxygen atoms in total. The maximum absolute atomic E-state index is 5.99. The average Bonchev–Trinajstić information content (AvgIpc) is 2.36. The number of hydrogen-bond donors (Lipinski definition) is 1. The molecule has 0 spiro atoms. The summed E-state index contributed by atoms with van der Waals surface area (Å²) in [5, 5.41) is 3.72. The molecule has 2 heteroatoms. The lowest BCUT2D eigenvalue weighted by Crippen LogP contribution is -2.47. The standard InChI is InChI=1S/C14H29NO/c1-5-12(4)11-15-13-8-9-16-14(6-2,7-3)10-13/h12-13,15H,5-11H2,1-4H3. The van der Waals surface area contributed by atoms with E-state index in [1.165, 1.54) is 19.3 Å². The maximum atomic E-state index is 5.99. The SMILES string of the molecule is CCC(C)CNC1CCOC(CC)(CC)C1. The summed E-state index contributed by atoms with van der Waals surface area (Å²) in [6, 6.07) is 0.669. The number of ether oxygens (including phenoxy) is 1. The first-order valence-corrected chi connectivity index (χ1v) is 7.03. The van der Waals surface area contributed by atoms with Crippen molar-refractivity contribution in [2.75, 3.05) is 13.2 Å². The van der Waals surface area contributed by atoms with E-state index in [4.69, 9.17) is 4.74 Å². The molecule has 96 valence electrons. The number of nitrogens with one attached hydrogen (secondary N) is 1. The van der Waals surface area contributed by atoms with Crippen LogP contribution in [0.15, 0.2) is 0 Å². The summed E-state index contributed by atoms with van der Waals surface area (Å²) in [7, 11) is 0. The van der Waals surface area contributed by atoms with Crippen LogP contribution in [0.1, 0.15) is 59.8 Å². The van der Waals surface area contributed by atoms with Gasteiger partial charge in [-0.2, -0.15) is 0 Å². The van der Waals surface area contributed by atoms with E-state index in [1.807, 2.05) is 0 Å². The normalized spacial score (nSPS) is 26.6. The Morgan fingerprint density at radius 2 is 2.00 bits per heavy atom. The van der Waals surface area contributed by atoms with Crippen LogP contribution in [0.5, 0.6) is 0 Å². The van der Waals surface area contributed by atoms with Crippen molar-refractivity contribution >= 4 is 0 Å². The van der Waals surface area contributed by atoms with Crippen LogP contribution in [-0.4, -0.2) is 24.8 Å². The summed E-state index contributed by atoms with van der Waals surface area (Å²) in [6.45, 7) is 11.2. The van der Waals surface area contributed by atoms with Crippen LogP contribution in [0.2, 0.25) is 0 Å². The van der Waals surface area contributed by atoms with E-state index in [2.05, 4.69) is 33.0 Å². The Labute approximate surface area is 101 Å². The predicted molar refractivity (Wildman–Crippen MR) is 69.7 cm³/mol. The van der Waals surface area contributed by atoms with Crippen LogP contribution in [0.3, 0.4) is 0 Å². The topological polar surface area (TPSA) is 21.3 Å². The summed E-state index contributed by atoms with van der Waals surface area (Å²) in [5.74, 6) is 0.792. The third kappa shape index (κ3) is 3.74. The van der Waals surface area contributed by atoms with E-state index in [9.17, 15) is 0 Å². The zero-order chi connectivity index (χ0) is 12.0. The van der Waals surface area contributed by atoms with Crippen molar-refractivity contribution in [2.45, 2.75) is 71.4 Å². The minimum absolute atomic E-state index is 0.158. The predicted octanol–water partition coefficient (Wildman–Crippen LogP) is 3.36. The van der Waals surface area contributed by atoms with Gasteiger partial charge in [0, 0.05) is 12.6 Å². The lowest BCUT2D eigenvalue weighted by molar-refractivity contribution is -0.0932. The van der Waals surface area contributed by atoms with Crippen molar-refractivity contribution in [1.29, 1.82) is 0 Å². The Hall–Kier alpha value is -0.0800. The fourth-order valence-corrected chi connectivity index (χ4v) is 2.46. The van der Waals surface area contributed by atoms with E-state index in [0.717, 1.165) is 31.9 Å². The molecule has 0 aliphatic carbocycles. The molecular weight excluding hydrogens is 198 g/mol. The molecule has 0 radical (unpaired) electrons. The lowest BCUT2D eigenvalue weighted by Gasteiger charge is -2.40. The third-order valence-corrected chi connectivity index (χ3v) is 4.23. The molecule has 16 heavy (non-hydrogen) atoms. The van der Waals surface area contributed by atoms with Gasteiger partial charge < -0.3 is 10.1 Å². The van der Waals surface area contributed by atoms with E-state index in [-0.39, 0.29) is 5.60 Å². The highest BCUT2D eigenvalue weighted by Crippen LogP contribution is 2.31. The molecule has 0 aromatic rings. The smallest absolute Gasteiger partial charge is 0.0692 e. The third-order valence-electron chi connectivity index (χ3n) is 4.23. The largest absolute Gasteiger partial charge is 0.375 e. The monoisotopic (exact) mass is 227 g/mol. The van der Waals surface area contributed by atoms with Gasteiger partial charge in [-0.3, -0.25) is 0 Å². The summed E-state index contributed by atoms with van der Waals surface area (Å²) in [5.41, 5.74) is 0.158. The maximum Gasteiger partial charge on any atom is 0.0692 e.